The Kier molecular flexibility index (Phi) is 3.98. The Balaban J connectivity index is 1.78. The largest absolute Gasteiger partial charge is 0.456 e. The van der Waals surface area contributed by atoms with Crippen LogP contribution in [0.2, 0.25) is 0 Å². The zero-order valence-corrected chi connectivity index (χ0v) is 13.1. The van der Waals surface area contributed by atoms with Gasteiger partial charge in [0.25, 0.3) is 5.91 Å². The molecule has 0 bridgehead atoms. The minimum absolute atomic E-state index is 0.0901. The van der Waals surface area contributed by atoms with Crippen molar-refractivity contribution in [2.45, 2.75) is 26.4 Å². The molecule has 1 atom stereocenters. The molecule has 1 aliphatic heterocycles. The van der Waals surface area contributed by atoms with Crippen LogP contribution in [0, 0.1) is 6.92 Å². The van der Waals surface area contributed by atoms with E-state index in [1.54, 1.807) is 11.2 Å². The third-order valence-corrected chi connectivity index (χ3v) is 3.90. The summed E-state index contributed by atoms with van der Waals surface area (Å²) in [6, 6.07) is 1.92. The van der Waals surface area contributed by atoms with Crippen LogP contribution < -0.4 is 0 Å². The standard InChI is InChI=1S/C15H20N4O3/c1-4-11-7-10(2)13(22-11)15(20)19-5-6-21-12(8-19)14-17-16-9-18(14)3/h7,9,12H,4-6,8H2,1-3H3. The highest BCUT2D eigenvalue weighted by atomic mass is 16.5. The van der Waals surface area contributed by atoms with Crippen molar-refractivity contribution in [3.8, 4) is 0 Å². The van der Waals surface area contributed by atoms with Crippen LogP contribution in [0.4, 0.5) is 0 Å². The predicted molar refractivity (Wildman–Crippen MR) is 78.4 cm³/mol. The molecule has 1 saturated heterocycles. The highest BCUT2D eigenvalue weighted by molar-refractivity contribution is 5.93. The molecule has 1 amide bonds. The molecule has 7 nitrogen and oxygen atoms in total. The summed E-state index contributed by atoms with van der Waals surface area (Å²) >= 11 is 0. The van der Waals surface area contributed by atoms with E-state index in [4.69, 9.17) is 9.15 Å². The first-order valence-corrected chi connectivity index (χ1v) is 7.44. The zero-order valence-electron chi connectivity index (χ0n) is 13.1. The number of morpholine rings is 1. The summed E-state index contributed by atoms with van der Waals surface area (Å²) in [5.74, 6) is 1.89. The maximum Gasteiger partial charge on any atom is 0.290 e. The van der Waals surface area contributed by atoms with Gasteiger partial charge in [0.2, 0.25) is 0 Å². The predicted octanol–water partition coefficient (Wildman–Crippen LogP) is 1.49. The number of ether oxygens (including phenoxy) is 1. The van der Waals surface area contributed by atoms with E-state index in [0.717, 1.165) is 23.6 Å². The maximum atomic E-state index is 12.7. The number of carbonyl (C=O) groups is 1. The van der Waals surface area contributed by atoms with Crippen LogP contribution in [-0.2, 0) is 18.2 Å². The second-order valence-corrected chi connectivity index (χ2v) is 5.49. The van der Waals surface area contributed by atoms with E-state index in [0.29, 0.717) is 25.5 Å². The van der Waals surface area contributed by atoms with Gasteiger partial charge >= 0.3 is 0 Å². The molecule has 1 unspecified atom stereocenters. The molecule has 0 spiro atoms. The number of rotatable bonds is 3. The van der Waals surface area contributed by atoms with Gasteiger partial charge in [0.05, 0.1) is 13.2 Å². The van der Waals surface area contributed by atoms with Crippen molar-refractivity contribution < 1.29 is 13.9 Å². The van der Waals surface area contributed by atoms with Gasteiger partial charge in [-0.15, -0.1) is 10.2 Å². The number of furan rings is 1. The highest BCUT2D eigenvalue weighted by Gasteiger charge is 2.30. The van der Waals surface area contributed by atoms with E-state index in [-0.39, 0.29) is 12.0 Å². The van der Waals surface area contributed by atoms with Crippen molar-refractivity contribution in [1.29, 1.82) is 0 Å². The summed E-state index contributed by atoms with van der Waals surface area (Å²) in [5.41, 5.74) is 0.878. The van der Waals surface area contributed by atoms with Crippen LogP contribution in [0.3, 0.4) is 0 Å². The molecule has 7 heteroatoms. The molecule has 118 valence electrons. The van der Waals surface area contributed by atoms with Crippen LogP contribution >= 0.6 is 0 Å². The van der Waals surface area contributed by atoms with E-state index < -0.39 is 0 Å². The quantitative estimate of drug-likeness (QED) is 0.859. The lowest BCUT2D eigenvalue weighted by Crippen LogP contribution is -2.43. The number of nitrogens with zero attached hydrogens (tertiary/aromatic N) is 4. The Morgan fingerprint density at radius 1 is 1.50 bits per heavy atom. The highest BCUT2D eigenvalue weighted by Crippen LogP contribution is 2.23. The second kappa shape index (κ2) is 5.92. The van der Waals surface area contributed by atoms with E-state index in [1.807, 2.05) is 31.5 Å². The van der Waals surface area contributed by atoms with E-state index >= 15 is 0 Å². The summed E-state index contributed by atoms with van der Waals surface area (Å²) < 4.78 is 13.2. The fraction of sp³-hybridized carbons (Fsp3) is 0.533. The molecule has 2 aromatic heterocycles. The lowest BCUT2D eigenvalue weighted by molar-refractivity contribution is -0.0290. The van der Waals surface area contributed by atoms with Crippen molar-refractivity contribution in [2.75, 3.05) is 19.7 Å². The number of carbonyl (C=O) groups excluding carboxylic acids is 1. The van der Waals surface area contributed by atoms with Crippen molar-refractivity contribution in [3.05, 3.63) is 35.3 Å². The third kappa shape index (κ3) is 2.64. The summed E-state index contributed by atoms with van der Waals surface area (Å²) in [5, 5.41) is 7.93. The van der Waals surface area contributed by atoms with Crippen molar-refractivity contribution in [3.63, 3.8) is 0 Å². The van der Waals surface area contributed by atoms with Gasteiger partial charge in [-0.05, 0) is 13.0 Å². The van der Waals surface area contributed by atoms with Crippen LogP contribution in [0.15, 0.2) is 16.8 Å². The SMILES string of the molecule is CCc1cc(C)c(C(=O)N2CCOC(c3nncn3C)C2)o1. The monoisotopic (exact) mass is 304 g/mol. The fourth-order valence-corrected chi connectivity index (χ4v) is 2.65. The Bertz CT molecular complexity index is 676. The van der Waals surface area contributed by atoms with Crippen LogP contribution in [0.5, 0.6) is 0 Å². The van der Waals surface area contributed by atoms with Crippen LogP contribution in [-0.4, -0.2) is 45.3 Å². The number of aromatic nitrogens is 3. The third-order valence-electron chi connectivity index (χ3n) is 3.90. The number of hydrogen-bond donors (Lipinski definition) is 0. The van der Waals surface area contributed by atoms with Crippen LogP contribution in [0.1, 0.15) is 40.7 Å². The Morgan fingerprint density at radius 3 is 2.95 bits per heavy atom. The zero-order chi connectivity index (χ0) is 15.7. The number of amides is 1. The first-order valence-electron chi connectivity index (χ1n) is 7.44. The Labute approximate surface area is 128 Å². The average molecular weight is 304 g/mol. The number of hydrogen-bond acceptors (Lipinski definition) is 5. The molecule has 0 saturated carbocycles. The molecule has 0 aromatic carbocycles. The van der Waals surface area contributed by atoms with Gasteiger partial charge in [-0.25, -0.2) is 0 Å². The smallest absolute Gasteiger partial charge is 0.290 e. The first-order chi connectivity index (χ1) is 10.6. The molecule has 0 radical (unpaired) electrons. The molecule has 1 aliphatic rings. The minimum atomic E-state index is -0.258. The van der Waals surface area contributed by atoms with Gasteiger partial charge in [-0.1, -0.05) is 6.92 Å². The van der Waals surface area contributed by atoms with E-state index in [2.05, 4.69) is 10.2 Å². The molecule has 22 heavy (non-hydrogen) atoms. The summed E-state index contributed by atoms with van der Waals surface area (Å²) in [7, 11) is 1.86. The van der Waals surface area contributed by atoms with Crippen molar-refractivity contribution in [1.82, 2.24) is 19.7 Å². The minimum Gasteiger partial charge on any atom is -0.456 e. The Morgan fingerprint density at radius 2 is 2.32 bits per heavy atom. The lowest BCUT2D eigenvalue weighted by Gasteiger charge is -2.31. The Hall–Kier alpha value is -2.15. The van der Waals surface area contributed by atoms with Crippen molar-refractivity contribution >= 4 is 5.91 Å². The van der Waals surface area contributed by atoms with Gasteiger partial charge in [-0.3, -0.25) is 4.79 Å². The molecular weight excluding hydrogens is 284 g/mol. The summed E-state index contributed by atoms with van der Waals surface area (Å²) in [6.45, 7) is 5.38. The fourth-order valence-electron chi connectivity index (χ4n) is 2.65. The van der Waals surface area contributed by atoms with Gasteiger partial charge in [0, 0.05) is 25.6 Å². The summed E-state index contributed by atoms with van der Waals surface area (Å²) in [6.07, 6.45) is 2.15. The molecule has 3 rings (SSSR count). The van der Waals surface area contributed by atoms with Crippen LogP contribution in [0.25, 0.3) is 0 Å². The van der Waals surface area contributed by atoms with E-state index in [9.17, 15) is 4.79 Å². The second-order valence-electron chi connectivity index (χ2n) is 5.49. The maximum absolute atomic E-state index is 12.7. The molecule has 0 N–H and O–H groups in total. The first kappa shape index (κ1) is 14.8. The molecule has 1 fully saturated rings. The van der Waals surface area contributed by atoms with E-state index in [1.165, 1.54) is 0 Å². The van der Waals surface area contributed by atoms with Gasteiger partial charge in [0.15, 0.2) is 11.6 Å². The van der Waals surface area contributed by atoms with Crippen molar-refractivity contribution in [2.24, 2.45) is 7.05 Å². The molecular formula is C15H20N4O3. The molecule has 0 aliphatic carbocycles. The molecule has 3 heterocycles. The van der Waals surface area contributed by atoms with Gasteiger partial charge in [-0.2, -0.15) is 0 Å². The average Bonchev–Trinajstić information content (AvgIpc) is 3.12. The lowest BCUT2D eigenvalue weighted by atomic mass is 10.2. The molecule has 2 aromatic rings. The van der Waals surface area contributed by atoms with Gasteiger partial charge in [0.1, 0.15) is 18.2 Å². The normalized spacial score (nSPS) is 18.7. The topological polar surface area (TPSA) is 73.4 Å². The summed E-state index contributed by atoms with van der Waals surface area (Å²) in [4.78, 5) is 14.4. The van der Waals surface area contributed by atoms with Gasteiger partial charge < -0.3 is 18.6 Å². The number of aryl methyl sites for hydroxylation is 3.